The number of para-hydroxylation sites is 1. The van der Waals surface area contributed by atoms with Gasteiger partial charge in [0.05, 0.1) is 14.2 Å². The van der Waals surface area contributed by atoms with Crippen molar-refractivity contribution < 1.29 is 14.3 Å². The smallest absolute Gasteiger partial charge is 0.205 e. The van der Waals surface area contributed by atoms with Gasteiger partial charge in [0.15, 0.2) is 11.5 Å². The number of carbonyl (C=O) groups excluding carboxylic acids is 1. The first-order valence-corrected chi connectivity index (χ1v) is 8.60. The second-order valence-electron chi connectivity index (χ2n) is 6.01. The van der Waals surface area contributed by atoms with Crippen LogP contribution < -0.4 is 9.47 Å². The number of fused-ring (bicyclic) bond motifs is 1. The number of nitrogens with one attached hydrogen (secondary N) is 1. The summed E-state index contributed by atoms with van der Waals surface area (Å²) in [6.07, 6.45) is 4.09. The predicted octanol–water partition coefficient (Wildman–Crippen LogP) is 4.54. The van der Waals surface area contributed by atoms with Gasteiger partial charge in [0.2, 0.25) is 5.78 Å². The normalized spacial score (nSPS) is 11.3. The highest BCUT2D eigenvalue weighted by molar-refractivity contribution is 6.20. The van der Waals surface area contributed by atoms with Crippen molar-refractivity contribution in [3.8, 4) is 17.6 Å². The van der Waals surface area contributed by atoms with Crippen LogP contribution in [0.5, 0.6) is 11.5 Å². The number of nitrogens with zero attached hydrogens (tertiary/aromatic N) is 1. The summed E-state index contributed by atoms with van der Waals surface area (Å²) in [4.78, 5) is 16.1. The summed E-state index contributed by atoms with van der Waals surface area (Å²) in [6, 6.07) is 13.1. The van der Waals surface area contributed by atoms with Crippen LogP contribution in [0.15, 0.2) is 48.2 Å². The number of benzene rings is 2. The summed E-state index contributed by atoms with van der Waals surface area (Å²) >= 11 is 0. The number of allylic oxidation sites excluding steroid dienone is 1. The van der Waals surface area contributed by atoms with Crippen LogP contribution in [0.1, 0.15) is 28.4 Å². The van der Waals surface area contributed by atoms with E-state index in [1.165, 1.54) is 0 Å². The average Bonchev–Trinajstić information content (AvgIpc) is 3.15. The van der Waals surface area contributed by atoms with Crippen LogP contribution in [0, 0.1) is 11.3 Å². The molecular weight excluding hydrogens is 340 g/mol. The van der Waals surface area contributed by atoms with E-state index >= 15 is 0 Å². The number of methoxy groups -OCH3 is 2. The Bertz CT molecular complexity index is 1070. The van der Waals surface area contributed by atoms with E-state index in [2.05, 4.69) is 11.9 Å². The van der Waals surface area contributed by atoms with Crippen molar-refractivity contribution in [2.75, 3.05) is 14.2 Å². The molecule has 1 heterocycles. The highest BCUT2D eigenvalue weighted by Crippen LogP contribution is 2.29. The molecule has 0 radical (unpaired) electrons. The number of aromatic amines is 1. The Morgan fingerprint density at radius 1 is 1.19 bits per heavy atom. The number of H-pyrrole nitrogens is 1. The molecule has 1 aromatic heterocycles. The number of hydrogen-bond donors (Lipinski definition) is 1. The Hall–Kier alpha value is -3.52. The molecule has 1 N–H and O–H groups in total. The molecule has 0 atom stereocenters. The maximum Gasteiger partial charge on any atom is 0.205 e. The van der Waals surface area contributed by atoms with Crippen LogP contribution in [0.4, 0.5) is 0 Å². The zero-order chi connectivity index (χ0) is 19.4. The van der Waals surface area contributed by atoms with Gasteiger partial charge in [-0.3, -0.25) is 4.79 Å². The molecule has 5 heteroatoms. The number of aryl methyl sites for hydroxylation is 1. The fraction of sp³-hybridized carbons (Fsp3) is 0.182. The molecule has 0 aliphatic carbocycles. The number of hydrogen-bond acceptors (Lipinski definition) is 4. The maximum atomic E-state index is 13.0. The van der Waals surface area contributed by atoms with Gasteiger partial charge in [0.1, 0.15) is 11.6 Å². The highest BCUT2D eigenvalue weighted by Gasteiger charge is 2.18. The Morgan fingerprint density at radius 3 is 2.63 bits per heavy atom. The van der Waals surface area contributed by atoms with Gasteiger partial charge in [-0.2, -0.15) is 5.26 Å². The molecule has 136 valence electrons. The molecule has 5 nitrogen and oxygen atoms in total. The molecule has 2 aromatic carbocycles. The molecule has 0 saturated heterocycles. The van der Waals surface area contributed by atoms with E-state index in [-0.39, 0.29) is 11.4 Å². The zero-order valence-corrected chi connectivity index (χ0v) is 15.5. The number of carbonyl (C=O) groups is 1. The standard InChI is InChI=1S/C22H20N2O3/c1-4-15-6-5-7-17-18(13-24-21(15)17)22(25)16(12-23)10-14-8-9-19(26-2)20(11-14)27-3/h5-11,13,24H,4H2,1-3H3/b16-10+. The molecule has 3 rings (SSSR count). The molecule has 0 fully saturated rings. The summed E-state index contributed by atoms with van der Waals surface area (Å²) in [5.74, 6) is 0.811. The Labute approximate surface area is 157 Å². The van der Waals surface area contributed by atoms with E-state index in [0.29, 0.717) is 22.6 Å². The van der Waals surface area contributed by atoms with E-state index in [4.69, 9.17) is 9.47 Å². The summed E-state index contributed by atoms with van der Waals surface area (Å²) < 4.78 is 10.5. The van der Waals surface area contributed by atoms with Gasteiger partial charge in [-0.05, 0) is 35.8 Å². The van der Waals surface area contributed by atoms with Crippen LogP contribution in [-0.2, 0) is 6.42 Å². The number of aromatic nitrogens is 1. The predicted molar refractivity (Wildman–Crippen MR) is 105 cm³/mol. The van der Waals surface area contributed by atoms with Crippen molar-refractivity contribution in [3.63, 3.8) is 0 Å². The molecule has 0 bridgehead atoms. The molecule has 0 unspecified atom stereocenters. The summed E-state index contributed by atoms with van der Waals surface area (Å²) in [5, 5.41) is 10.4. The number of ketones is 1. The van der Waals surface area contributed by atoms with Crippen LogP contribution in [0.25, 0.3) is 17.0 Å². The molecular formula is C22H20N2O3. The van der Waals surface area contributed by atoms with Gasteiger partial charge in [0, 0.05) is 22.7 Å². The Morgan fingerprint density at radius 2 is 1.96 bits per heavy atom. The van der Waals surface area contributed by atoms with Gasteiger partial charge in [-0.15, -0.1) is 0 Å². The number of Topliss-reactive ketones (excluding diaryl/α,β-unsaturated/α-hetero) is 1. The fourth-order valence-corrected chi connectivity index (χ4v) is 3.10. The molecule has 0 amide bonds. The largest absolute Gasteiger partial charge is 0.493 e. The van der Waals surface area contributed by atoms with Gasteiger partial charge in [0.25, 0.3) is 0 Å². The van der Waals surface area contributed by atoms with Crippen molar-refractivity contribution in [3.05, 3.63) is 64.9 Å². The first-order chi connectivity index (χ1) is 13.1. The van der Waals surface area contributed by atoms with Crippen molar-refractivity contribution >= 4 is 22.8 Å². The number of ether oxygens (including phenoxy) is 2. The Balaban J connectivity index is 2.03. The molecule has 0 spiro atoms. The van der Waals surface area contributed by atoms with Crippen molar-refractivity contribution in [1.82, 2.24) is 4.98 Å². The van der Waals surface area contributed by atoms with E-state index in [1.807, 2.05) is 24.3 Å². The first-order valence-electron chi connectivity index (χ1n) is 8.60. The van der Waals surface area contributed by atoms with Crippen molar-refractivity contribution in [2.24, 2.45) is 0 Å². The highest BCUT2D eigenvalue weighted by atomic mass is 16.5. The summed E-state index contributed by atoms with van der Waals surface area (Å²) in [7, 11) is 3.10. The van der Waals surface area contributed by atoms with Crippen LogP contribution in [0.3, 0.4) is 0 Å². The second-order valence-corrected chi connectivity index (χ2v) is 6.01. The third-order valence-electron chi connectivity index (χ3n) is 4.51. The van der Waals surface area contributed by atoms with Crippen LogP contribution in [0.2, 0.25) is 0 Å². The SMILES string of the molecule is CCc1cccc2c(C(=O)/C(C#N)=C/c3ccc(OC)c(OC)c3)c[nH]c12. The zero-order valence-electron chi connectivity index (χ0n) is 15.5. The molecule has 27 heavy (non-hydrogen) atoms. The second kappa shape index (κ2) is 7.79. The Kier molecular flexibility index (Phi) is 5.28. The monoisotopic (exact) mass is 360 g/mol. The van der Waals surface area contributed by atoms with Gasteiger partial charge >= 0.3 is 0 Å². The minimum Gasteiger partial charge on any atom is -0.493 e. The van der Waals surface area contributed by atoms with Gasteiger partial charge < -0.3 is 14.5 Å². The number of rotatable bonds is 6. The summed E-state index contributed by atoms with van der Waals surface area (Å²) in [5.41, 5.74) is 3.31. The molecule has 0 saturated carbocycles. The molecule has 0 aliphatic rings. The lowest BCUT2D eigenvalue weighted by Crippen LogP contribution is -2.01. The molecule has 3 aromatic rings. The van der Waals surface area contributed by atoms with E-state index in [0.717, 1.165) is 22.9 Å². The topological polar surface area (TPSA) is 75.1 Å². The lowest BCUT2D eigenvalue weighted by molar-refractivity contribution is 0.104. The lowest BCUT2D eigenvalue weighted by Gasteiger charge is -2.08. The van der Waals surface area contributed by atoms with Crippen molar-refractivity contribution in [1.29, 1.82) is 5.26 Å². The van der Waals surface area contributed by atoms with Crippen molar-refractivity contribution in [2.45, 2.75) is 13.3 Å². The molecule has 0 aliphatic heterocycles. The lowest BCUT2D eigenvalue weighted by atomic mass is 9.99. The quantitative estimate of drug-likeness (QED) is 0.398. The van der Waals surface area contributed by atoms with E-state index < -0.39 is 0 Å². The minimum atomic E-state index is -0.313. The minimum absolute atomic E-state index is 0.0602. The third-order valence-corrected chi connectivity index (χ3v) is 4.51. The van der Waals surface area contributed by atoms with Crippen LogP contribution in [-0.4, -0.2) is 25.0 Å². The summed E-state index contributed by atoms with van der Waals surface area (Å²) in [6.45, 7) is 2.06. The number of nitriles is 1. The maximum absolute atomic E-state index is 13.0. The first kappa shape index (κ1) is 18.3. The third kappa shape index (κ3) is 3.42. The van der Waals surface area contributed by atoms with Gasteiger partial charge in [-0.1, -0.05) is 31.2 Å². The van der Waals surface area contributed by atoms with Gasteiger partial charge in [-0.25, -0.2) is 0 Å². The fourth-order valence-electron chi connectivity index (χ4n) is 3.10. The van der Waals surface area contributed by atoms with E-state index in [9.17, 15) is 10.1 Å². The van der Waals surface area contributed by atoms with Crippen LogP contribution >= 0.6 is 0 Å². The van der Waals surface area contributed by atoms with E-state index in [1.54, 1.807) is 44.7 Å². The average molecular weight is 360 g/mol.